The Balaban J connectivity index is 2.17. The molecule has 0 saturated heterocycles. The molecule has 0 fully saturated rings. The number of nitrogens with zero attached hydrogens (tertiary/aromatic N) is 1. The summed E-state index contributed by atoms with van der Waals surface area (Å²) in [6.07, 6.45) is 5.33. The second-order valence-corrected chi connectivity index (χ2v) is 4.06. The van der Waals surface area contributed by atoms with Crippen molar-refractivity contribution in [3.05, 3.63) is 24.0 Å². The first-order chi connectivity index (χ1) is 8.60. The fourth-order valence-electron chi connectivity index (χ4n) is 1.67. The third-order valence-electron chi connectivity index (χ3n) is 2.54. The highest BCUT2D eigenvalue weighted by Gasteiger charge is 2.12. The second-order valence-electron chi connectivity index (χ2n) is 4.06. The number of fused-ring (bicyclic) bond motifs is 1. The van der Waals surface area contributed by atoms with Gasteiger partial charge < -0.3 is 16.0 Å². The predicted molar refractivity (Wildman–Crippen MR) is 70.9 cm³/mol. The molecule has 0 saturated carbocycles. The fraction of sp³-hybridized carbons (Fsp3) is 0.231. The van der Waals surface area contributed by atoms with Crippen LogP contribution in [-0.4, -0.2) is 21.9 Å². The number of aromatic amines is 1. The Bertz CT molecular complexity index is 623. The third kappa shape index (κ3) is 2.50. The topological polar surface area (TPSA) is 83.8 Å². The average Bonchev–Trinajstić information content (AvgIpc) is 2.68. The van der Waals surface area contributed by atoms with E-state index in [2.05, 4.69) is 21.2 Å². The molecule has 92 valence electrons. The van der Waals surface area contributed by atoms with Gasteiger partial charge in [0.05, 0.1) is 17.1 Å². The first kappa shape index (κ1) is 12.1. The van der Waals surface area contributed by atoms with E-state index in [1.54, 1.807) is 6.07 Å². The summed E-state index contributed by atoms with van der Waals surface area (Å²) in [4.78, 5) is 19.1. The number of rotatable bonds is 3. The number of hydrogen-bond donors (Lipinski definition) is 3. The molecule has 0 aliphatic carbocycles. The lowest BCUT2D eigenvalue weighted by Gasteiger charge is -2.09. The molecule has 1 amide bonds. The van der Waals surface area contributed by atoms with Crippen LogP contribution < -0.4 is 11.1 Å². The number of anilines is 1. The number of carbonyl (C=O) groups excluding carboxylic acids is 1. The number of terminal acetylenes is 1. The van der Waals surface area contributed by atoms with Crippen LogP contribution in [0.15, 0.2) is 18.2 Å². The van der Waals surface area contributed by atoms with E-state index < -0.39 is 6.04 Å². The van der Waals surface area contributed by atoms with Gasteiger partial charge in [-0.05, 0) is 25.1 Å². The Kier molecular flexibility index (Phi) is 3.31. The fourth-order valence-corrected chi connectivity index (χ4v) is 1.67. The molecule has 0 radical (unpaired) electrons. The number of aryl methyl sites for hydroxylation is 1. The van der Waals surface area contributed by atoms with Crippen molar-refractivity contribution < 1.29 is 4.79 Å². The van der Waals surface area contributed by atoms with Gasteiger partial charge >= 0.3 is 0 Å². The monoisotopic (exact) mass is 242 g/mol. The first-order valence-electron chi connectivity index (χ1n) is 5.56. The molecule has 0 spiro atoms. The van der Waals surface area contributed by atoms with Crippen LogP contribution in [0.1, 0.15) is 12.2 Å². The van der Waals surface area contributed by atoms with E-state index >= 15 is 0 Å². The zero-order valence-electron chi connectivity index (χ0n) is 10.0. The average molecular weight is 242 g/mol. The number of amides is 1. The lowest BCUT2D eigenvalue weighted by molar-refractivity contribution is -0.117. The van der Waals surface area contributed by atoms with Gasteiger partial charge in [0.25, 0.3) is 0 Å². The molecule has 1 aromatic heterocycles. The van der Waals surface area contributed by atoms with Crippen LogP contribution in [0.25, 0.3) is 11.0 Å². The number of aromatic nitrogens is 2. The molecule has 0 aliphatic rings. The Labute approximate surface area is 105 Å². The summed E-state index contributed by atoms with van der Waals surface area (Å²) in [5.41, 5.74) is 8.02. The van der Waals surface area contributed by atoms with Crippen LogP contribution in [0.5, 0.6) is 0 Å². The van der Waals surface area contributed by atoms with Crippen molar-refractivity contribution in [3.8, 4) is 12.3 Å². The van der Waals surface area contributed by atoms with Crippen molar-refractivity contribution in [1.29, 1.82) is 0 Å². The maximum absolute atomic E-state index is 11.7. The first-order valence-corrected chi connectivity index (χ1v) is 5.56. The van der Waals surface area contributed by atoms with Gasteiger partial charge in [-0.1, -0.05) is 0 Å². The summed E-state index contributed by atoms with van der Waals surface area (Å²) in [6, 6.07) is 4.74. The minimum absolute atomic E-state index is 0.219. The zero-order chi connectivity index (χ0) is 13.1. The molecule has 2 rings (SSSR count). The highest BCUT2D eigenvalue weighted by molar-refractivity contribution is 5.96. The lowest BCUT2D eigenvalue weighted by Crippen LogP contribution is -2.35. The van der Waals surface area contributed by atoms with Crippen molar-refractivity contribution in [1.82, 2.24) is 9.97 Å². The van der Waals surface area contributed by atoms with Crippen molar-refractivity contribution in [2.45, 2.75) is 19.4 Å². The highest BCUT2D eigenvalue weighted by atomic mass is 16.2. The van der Waals surface area contributed by atoms with Crippen LogP contribution in [0.3, 0.4) is 0 Å². The number of carbonyl (C=O) groups is 1. The van der Waals surface area contributed by atoms with Gasteiger partial charge in [0.2, 0.25) is 5.91 Å². The predicted octanol–water partition coefficient (Wildman–Crippen LogP) is 1.16. The van der Waals surface area contributed by atoms with Crippen LogP contribution in [0, 0.1) is 19.3 Å². The SMILES string of the molecule is C#CCC(N)C(=O)Nc1ccc2nc(C)[nH]c2c1. The van der Waals surface area contributed by atoms with Gasteiger partial charge in [0.1, 0.15) is 5.82 Å². The number of benzene rings is 1. The number of imidazole rings is 1. The minimum atomic E-state index is -0.686. The lowest BCUT2D eigenvalue weighted by atomic mass is 10.2. The van der Waals surface area contributed by atoms with E-state index in [1.165, 1.54) is 0 Å². The summed E-state index contributed by atoms with van der Waals surface area (Å²) in [5, 5.41) is 2.72. The summed E-state index contributed by atoms with van der Waals surface area (Å²) in [7, 11) is 0. The van der Waals surface area contributed by atoms with Crippen LogP contribution in [-0.2, 0) is 4.79 Å². The summed E-state index contributed by atoms with van der Waals surface area (Å²) in [5.74, 6) is 2.91. The maximum Gasteiger partial charge on any atom is 0.242 e. The Hall–Kier alpha value is -2.32. The maximum atomic E-state index is 11.7. The van der Waals surface area contributed by atoms with Gasteiger partial charge in [-0.25, -0.2) is 4.98 Å². The minimum Gasteiger partial charge on any atom is -0.342 e. The van der Waals surface area contributed by atoms with Crippen LogP contribution in [0.2, 0.25) is 0 Å². The smallest absolute Gasteiger partial charge is 0.242 e. The largest absolute Gasteiger partial charge is 0.342 e. The standard InChI is InChI=1S/C13H14N4O/c1-3-4-10(14)13(18)17-9-5-6-11-12(7-9)16-8(2)15-11/h1,5-7,10H,4,14H2,2H3,(H,15,16)(H,17,18). The van der Waals surface area contributed by atoms with Gasteiger partial charge in [-0.15, -0.1) is 12.3 Å². The zero-order valence-corrected chi connectivity index (χ0v) is 10.0. The molecule has 1 atom stereocenters. The Morgan fingerprint density at radius 1 is 1.67 bits per heavy atom. The second kappa shape index (κ2) is 4.90. The highest BCUT2D eigenvalue weighted by Crippen LogP contribution is 2.17. The Morgan fingerprint density at radius 2 is 2.44 bits per heavy atom. The number of H-pyrrole nitrogens is 1. The van der Waals surface area contributed by atoms with E-state index in [4.69, 9.17) is 12.2 Å². The van der Waals surface area contributed by atoms with Gasteiger partial charge in [0, 0.05) is 12.1 Å². The molecule has 5 nitrogen and oxygen atoms in total. The van der Waals surface area contributed by atoms with Crippen LogP contribution >= 0.6 is 0 Å². The number of hydrogen-bond acceptors (Lipinski definition) is 3. The molecule has 1 heterocycles. The summed E-state index contributed by atoms with van der Waals surface area (Å²) < 4.78 is 0. The molecular formula is C13H14N4O. The molecule has 2 aromatic rings. The van der Waals surface area contributed by atoms with E-state index in [9.17, 15) is 4.79 Å². The van der Waals surface area contributed by atoms with Crippen LogP contribution in [0.4, 0.5) is 5.69 Å². The molecule has 1 aromatic carbocycles. The van der Waals surface area contributed by atoms with E-state index in [-0.39, 0.29) is 12.3 Å². The van der Waals surface area contributed by atoms with E-state index in [0.29, 0.717) is 5.69 Å². The third-order valence-corrected chi connectivity index (χ3v) is 2.54. The van der Waals surface area contributed by atoms with Gasteiger partial charge in [-0.3, -0.25) is 4.79 Å². The summed E-state index contributed by atoms with van der Waals surface area (Å²) >= 11 is 0. The van der Waals surface area contributed by atoms with Crippen molar-refractivity contribution in [3.63, 3.8) is 0 Å². The van der Waals surface area contributed by atoms with Gasteiger partial charge in [-0.2, -0.15) is 0 Å². The van der Waals surface area contributed by atoms with Crippen molar-refractivity contribution >= 4 is 22.6 Å². The molecular weight excluding hydrogens is 228 g/mol. The van der Waals surface area contributed by atoms with E-state index in [0.717, 1.165) is 16.9 Å². The van der Waals surface area contributed by atoms with Gasteiger partial charge in [0.15, 0.2) is 0 Å². The molecule has 4 N–H and O–H groups in total. The number of nitrogens with one attached hydrogen (secondary N) is 2. The quantitative estimate of drug-likeness (QED) is 0.706. The molecule has 18 heavy (non-hydrogen) atoms. The molecule has 0 bridgehead atoms. The number of nitrogens with two attached hydrogens (primary N) is 1. The van der Waals surface area contributed by atoms with E-state index in [1.807, 2.05) is 19.1 Å². The summed E-state index contributed by atoms with van der Waals surface area (Å²) in [6.45, 7) is 1.88. The molecule has 5 heteroatoms. The normalized spacial score (nSPS) is 12.1. The molecule has 1 unspecified atom stereocenters. The van der Waals surface area contributed by atoms with Crippen molar-refractivity contribution in [2.24, 2.45) is 5.73 Å². The Morgan fingerprint density at radius 3 is 3.17 bits per heavy atom. The van der Waals surface area contributed by atoms with Crippen molar-refractivity contribution in [2.75, 3.05) is 5.32 Å². The molecule has 0 aliphatic heterocycles.